The van der Waals surface area contributed by atoms with Gasteiger partial charge in [0.2, 0.25) is 0 Å². The van der Waals surface area contributed by atoms with Gasteiger partial charge in [0.15, 0.2) is 11.6 Å². The largest absolute Gasteiger partial charge is 0.336 e. The number of hydrogen-bond acceptors (Lipinski definition) is 3. The summed E-state index contributed by atoms with van der Waals surface area (Å²) in [6, 6.07) is 3.60. The van der Waals surface area contributed by atoms with Gasteiger partial charge in [-0.3, -0.25) is 9.69 Å². The summed E-state index contributed by atoms with van der Waals surface area (Å²) in [7, 11) is 0. The van der Waals surface area contributed by atoms with Gasteiger partial charge in [-0.2, -0.15) is 0 Å². The van der Waals surface area contributed by atoms with Crippen molar-refractivity contribution in [3.05, 3.63) is 35.4 Å². The lowest BCUT2D eigenvalue weighted by Gasteiger charge is -2.38. The maximum atomic E-state index is 13.2. The molecule has 0 saturated carbocycles. The Bertz CT molecular complexity index is 498. The number of amides is 1. The van der Waals surface area contributed by atoms with Gasteiger partial charge in [0.1, 0.15) is 0 Å². The third-order valence-corrected chi connectivity index (χ3v) is 4.03. The molecule has 116 valence electrons. The molecule has 1 aliphatic rings. The smallest absolute Gasteiger partial charge is 0.254 e. The highest BCUT2D eigenvalue weighted by Crippen LogP contribution is 2.14. The number of carbonyl (C=O) groups is 1. The summed E-state index contributed by atoms with van der Waals surface area (Å²) < 4.78 is 26.1. The molecule has 1 atom stereocenters. The maximum absolute atomic E-state index is 13.2. The number of benzene rings is 1. The van der Waals surface area contributed by atoms with Gasteiger partial charge in [-0.05, 0) is 24.6 Å². The number of nitrogens with zero attached hydrogens (tertiary/aromatic N) is 2. The predicted molar refractivity (Wildman–Crippen MR) is 77.0 cm³/mol. The van der Waals surface area contributed by atoms with E-state index in [1.54, 1.807) is 4.90 Å². The molecule has 1 fully saturated rings. The van der Waals surface area contributed by atoms with Crippen molar-refractivity contribution in [2.75, 3.05) is 32.7 Å². The lowest BCUT2D eigenvalue weighted by molar-refractivity contribution is 0.0571. The summed E-state index contributed by atoms with van der Waals surface area (Å²) in [5, 5.41) is 0. The molecular weight excluding hydrogens is 276 g/mol. The van der Waals surface area contributed by atoms with Gasteiger partial charge in [-0.25, -0.2) is 8.78 Å². The first-order valence-corrected chi connectivity index (χ1v) is 7.25. The number of halogens is 2. The number of hydrogen-bond donors (Lipinski definition) is 1. The van der Waals surface area contributed by atoms with E-state index in [0.29, 0.717) is 25.7 Å². The highest BCUT2D eigenvalue weighted by molar-refractivity contribution is 5.94. The Morgan fingerprint density at radius 3 is 2.43 bits per heavy atom. The number of carbonyl (C=O) groups excluding carboxylic acids is 1. The Kier molecular flexibility index (Phi) is 5.25. The molecule has 2 rings (SSSR count). The van der Waals surface area contributed by atoms with E-state index in [9.17, 15) is 13.6 Å². The average Bonchev–Trinajstić information content (AvgIpc) is 2.51. The van der Waals surface area contributed by atoms with Crippen molar-refractivity contribution in [3.63, 3.8) is 0 Å². The van der Waals surface area contributed by atoms with Crippen LogP contribution in [0.5, 0.6) is 0 Å². The molecule has 6 heteroatoms. The molecule has 0 radical (unpaired) electrons. The molecule has 1 aromatic carbocycles. The van der Waals surface area contributed by atoms with Crippen molar-refractivity contribution in [1.82, 2.24) is 9.80 Å². The predicted octanol–water partition coefficient (Wildman–Crippen LogP) is 1.46. The molecular formula is C15H21F2N3O. The van der Waals surface area contributed by atoms with E-state index >= 15 is 0 Å². The first kappa shape index (κ1) is 15.9. The van der Waals surface area contributed by atoms with Crippen molar-refractivity contribution >= 4 is 5.91 Å². The fourth-order valence-electron chi connectivity index (χ4n) is 2.68. The van der Waals surface area contributed by atoms with Gasteiger partial charge in [-0.1, -0.05) is 6.92 Å². The van der Waals surface area contributed by atoms with Crippen molar-refractivity contribution < 1.29 is 13.6 Å². The van der Waals surface area contributed by atoms with Crippen LogP contribution in [0.1, 0.15) is 23.7 Å². The van der Waals surface area contributed by atoms with Crippen LogP contribution in [-0.4, -0.2) is 54.5 Å². The third kappa shape index (κ3) is 3.57. The van der Waals surface area contributed by atoms with Gasteiger partial charge < -0.3 is 10.6 Å². The van der Waals surface area contributed by atoms with E-state index in [-0.39, 0.29) is 11.5 Å². The molecule has 1 saturated heterocycles. The minimum atomic E-state index is -0.992. The Morgan fingerprint density at radius 1 is 1.24 bits per heavy atom. The minimum absolute atomic E-state index is 0.188. The van der Waals surface area contributed by atoms with Gasteiger partial charge in [-0.15, -0.1) is 0 Å². The monoisotopic (exact) mass is 297 g/mol. The van der Waals surface area contributed by atoms with Gasteiger partial charge in [0.25, 0.3) is 5.91 Å². The fraction of sp³-hybridized carbons (Fsp3) is 0.533. The molecule has 1 aliphatic heterocycles. The van der Waals surface area contributed by atoms with E-state index in [1.807, 2.05) is 0 Å². The lowest BCUT2D eigenvalue weighted by Crippen LogP contribution is -2.53. The average molecular weight is 297 g/mol. The Hall–Kier alpha value is -1.53. The first-order valence-electron chi connectivity index (χ1n) is 7.25. The molecule has 0 aromatic heterocycles. The van der Waals surface area contributed by atoms with Crippen LogP contribution >= 0.6 is 0 Å². The zero-order valence-corrected chi connectivity index (χ0v) is 12.2. The summed E-state index contributed by atoms with van der Waals surface area (Å²) in [6.07, 6.45) is 0.980. The Labute approximate surface area is 123 Å². The highest BCUT2D eigenvalue weighted by Gasteiger charge is 2.25. The van der Waals surface area contributed by atoms with Crippen LogP contribution in [0.2, 0.25) is 0 Å². The van der Waals surface area contributed by atoms with Crippen molar-refractivity contribution in [3.8, 4) is 0 Å². The zero-order valence-electron chi connectivity index (χ0n) is 12.2. The van der Waals surface area contributed by atoms with Crippen LogP contribution in [0.3, 0.4) is 0 Å². The first-order chi connectivity index (χ1) is 10.1. The third-order valence-electron chi connectivity index (χ3n) is 4.03. The van der Waals surface area contributed by atoms with Crippen molar-refractivity contribution in [2.24, 2.45) is 5.73 Å². The van der Waals surface area contributed by atoms with E-state index in [4.69, 9.17) is 5.73 Å². The molecule has 1 heterocycles. The van der Waals surface area contributed by atoms with Crippen LogP contribution in [-0.2, 0) is 0 Å². The van der Waals surface area contributed by atoms with Crippen molar-refractivity contribution in [2.45, 2.75) is 19.4 Å². The van der Waals surface area contributed by atoms with Gasteiger partial charge in [0, 0.05) is 44.3 Å². The summed E-state index contributed by atoms with van der Waals surface area (Å²) in [6.45, 7) is 5.36. The van der Waals surface area contributed by atoms with Crippen molar-refractivity contribution in [1.29, 1.82) is 0 Å². The summed E-state index contributed by atoms with van der Waals surface area (Å²) >= 11 is 0. The molecule has 4 nitrogen and oxygen atoms in total. The quantitative estimate of drug-likeness (QED) is 0.915. The zero-order chi connectivity index (χ0) is 15.4. The molecule has 2 N–H and O–H groups in total. The van der Waals surface area contributed by atoms with Crippen LogP contribution < -0.4 is 5.73 Å². The topological polar surface area (TPSA) is 49.6 Å². The molecule has 1 unspecified atom stereocenters. The fourth-order valence-corrected chi connectivity index (χ4v) is 2.68. The van der Waals surface area contributed by atoms with Crippen LogP contribution in [0.15, 0.2) is 18.2 Å². The molecule has 21 heavy (non-hydrogen) atoms. The van der Waals surface area contributed by atoms with Crippen LogP contribution in [0, 0.1) is 11.6 Å². The standard InChI is InChI=1S/C15H21F2N3O/c1-2-12(10-18)19-5-7-20(8-6-19)15(21)11-3-4-13(16)14(17)9-11/h3-4,9,12H,2,5-8,10,18H2,1H3. The molecule has 0 spiro atoms. The number of piperazine rings is 1. The second-order valence-corrected chi connectivity index (χ2v) is 5.25. The molecule has 1 aromatic rings. The summed E-state index contributed by atoms with van der Waals surface area (Å²) in [5.74, 6) is -2.19. The maximum Gasteiger partial charge on any atom is 0.254 e. The SMILES string of the molecule is CCC(CN)N1CCN(C(=O)c2ccc(F)c(F)c2)CC1. The number of rotatable bonds is 4. The lowest BCUT2D eigenvalue weighted by atomic mass is 10.1. The van der Waals surface area contributed by atoms with E-state index in [0.717, 1.165) is 31.6 Å². The molecule has 0 bridgehead atoms. The van der Waals surface area contributed by atoms with E-state index in [1.165, 1.54) is 6.07 Å². The minimum Gasteiger partial charge on any atom is -0.336 e. The normalized spacial score (nSPS) is 17.8. The number of nitrogens with two attached hydrogens (primary N) is 1. The summed E-state index contributed by atoms with van der Waals surface area (Å²) in [4.78, 5) is 16.2. The van der Waals surface area contributed by atoms with E-state index in [2.05, 4.69) is 11.8 Å². The Balaban J connectivity index is 1.98. The van der Waals surface area contributed by atoms with Gasteiger partial charge >= 0.3 is 0 Å². The van der Waals surface area contributed by atoms with Crippen LogP contribution in [0.4, 0.5) is 8.78 Å². The second-order valence-electron chi connectivity index (χ2n) is 5.25. The summed E-state index contributed by atoms with van der Waals surface area (Å²) in [5.41, 5.74) is 5.92. The molecule has 1 amide bonds. The van der Waals surface area contributed by atoms with Gasteiger partial charge in [0.05, 0.1) is 0 Å². The molecule has 0 aliphatic carbocycles. The highest BCUT2D eigenvalue weighted by atomic mass is 19.2. The Morgan fingerprint density at radius 2 is 1.90 bits per heavy atom. The second kappa shape index (κ2) is 6.95. The van der Waals surface area contributed by atoms with E-state index < -0.39 is 11.6 Å². The van der Waals surface area contributed by atoms with Crippen LogP contribution in [0.25, 0.3) is 0 Å².